The average Bonchev–Trinajstić information content (AvgIpc) is 2.66. The van der Waals surface area contributed by atoms with E-state index in [0.717, 1.165) is 21.0 Å². The van der Waals surface area contributed by atoms with E-state index < -0.39 is 5.97 Å². The molecule has 0 aliphatic rings. The molecular formula is C20H19N3O4. The summed E-state index contributed by atoms with van der Waals surface area (Å²) in [6.45, 7) is 0.0254. The summed E-state index contributed by atoms with van der Waals surface area (Å²) >= 11 is 0. The number of nitrogens with one attached hydrogen (secondary N) is 1. The summed E-state index contributed by atoms with van der Waals surface area (Å²) < 4.78 is 1.11. The quantitative estimate of drug-likeness (QED) is 0.624. The van der Waals surface area contributed by atoms with E-state index in [1.165, 1.54) is 6.07 Å². The van der Waals surface area contributed by atoms with Crippen molar-refractivity contribution in [2.24, 2.45) is 0 Å². The molecule has 0 bridgehead atoms. The Bertz CT molecular complexity index is 1040. The van der Waals surface area contributed by atoms with E-state index in [1.54, 1.807) is 6.07 Å². The van der Waals surface area contributed by atoms with Crippen LogP contribution in [0.1, 0.15) is 12.8 Å². The van der Waals surface area contributed by atoms with Crippen molar-refractivity contribution in [1.82, 2.24) is 15.1 Å². The lowest BCUT2D eigenvalue weighted by Gasteiger charge is -2.08. The van der Waals surface area contributed by atoms with Gasteiger partial charge in [0.25, 0.3) is 5.56 Å². The number of carbonyl (C=O) groups excluding carboxylic acids is 1. The molecule has 0 fully saturated rings. The van der Waals surface area contributed by atoms with Gasteiger partial charge in [-0.3, -0.25) is 14.4 Å². The Hall–Kier alpha value is -3.48. The van der Waals surface area contributed by atoms with E-state index in [2.05, 4.69) is 10.4 Å². The molecule has 1 heterocycles. The maximum Gasteiger partial charge on any atom is 0.303 e. The largest absolute Gasteiger partial charge is 0.481 e. The maximum atomic E-state index is 12.0. The molecule has 0 aliphatic carbocycles. The van der Waals surface area contributed by atoms with Crippen molar-refractivity contribution < 1.29 is 14.7 Å². The second-order valence-corrected chi connectivity index (χ2v) is 6.12. The van der Waals surface area contributed by atoms with Crippen LogP contribution < -0.4 is 10.9 Å². The number of amides is 1. The first-order chi connectivity index (χ1) is 13.0. The first-order valence-corrected chi connectivity index (χ1v) is 8.59. The van der Waals surface area contributed by atoms with Gasteiger partial charge in [-0.15, -0.1) is 0 Å². The fourth-order valence-electron chi connectivity index (χ4n) is 2.72. The van der Waals surface area contributed by atoms with Crippen LogP contribution in [0.5, 0.6) is 0 Å². The monoisotopic (exact) mass is 365 g/mol. The van der Waals surface area contributed by atoms with Crippen LogP contribution in [0.3, 0.4) is 0 Å². The van der Waals surface area contributed by atoms with Gasteiger partial charge in [0.05, 0.1) is 5.69 Å². The number of carboxylic acid groups (broad SMARTS) is 1. The standard InChI is InChI=1S/C20H19N3O4/c24-18(21-11-3-6-20(26)27)13-23-19(25)10-9-17(22-23)16-8-7-14-4-1-2-5-15(14)12-16/h1-2,4-5,7-10,12H,3,6,11,13H2,(H,21,24)(H,26,27). The molecule has 1 aromatic heterocycles. The molecule has 0 atom stereocenters. The summed E-state index contributed by atoms with van der Waals surface area (Å²) in [6.07, 6.45) is 0.316. The summed E-state index contributed by atoms with van der Waals surface area (Å²) in [5, 5.41) is 17.6. The molecule has 0 aliphatic heterocycles. The van der Waals surface area contributed by atoms with E-state index in [4.69, 9.17) is 5.11 Å². The number of hydrogen-bond acceptors (Lipinski definition) is 4. The fraction of sp³-hybridized carbons (Fsp3) is 0.200. The number of carboxylic acids is 1. The highest BCUT2D eigenvalue weighted by atomic mass is 16.4. The van der Waals surface area contributed by atoms with Crippen LogP contribution in [0.2, 0.25) is 0 Å². The van der Waals surface area contributed by atoms with Gasteiger partial charge in [-0.2, -0.15) is 5.10 Å². The number of hydrogen-bond donors (Lipinski definition) is 2. The van der Waals surface area contributed by atoms with Crippen LogP contribution in [-0.4, -0.2) is 33.3 Å². The second-order valence-electron chi connectivity index (χ2n) is 6.12. The van der Waals surface area contributed by atoms with E-state index >= 15 is 0 Å². The van der Waals surface area contributed by atoms with Crippen LogP contribution in [0.15, 0.2) is 59.4 Å². The van der Waals surface area contributed by atoms with E-state index in [1.807, 2.05) is 42.5 Å². The Morgan fingerprint density at radius 2 is 1.81 bits per heavy atom. The minimum Gasteiger partial charge on any atom is -0.481 e. The number of aromatic nitrogens is 2. The normalized spacial score (nSPS) is 10.7. The van der Waals surface area contributed by atoms with Crippen molar-refractivity contribution in [3.63, 3.8) is 0 Å². The molecule has 2 aromatic carbocycles. The zero-order chi connectivity index (χ0) is 19.2. The predicted molar refractivity (Wildman–Crippen MR) is 101 cm³/mol. The van der Waals surface area contributed by atoms with Crippen molar-refractivity contribution >= 4 is 22.6 Å². The van der Waals surface area contributed by atoms with Gasteiger partial charge in [0, 0.05) is 24.6 Å². The summed E-state index contributed by atoms with van der Waals surface area (Å²) in [6, 6.07) is 16.8. The first kappa shape index (κ1) is 18.3. The van der Waals surface area contributed by atoms with Gasteiger partial charge < -0.3 is 10.4 Å². The molecule has 138 valence electrons. The van der Waals surface area contributed by atoms with E-state index in [-0.39, 0.29) is 31.0 Å². The highest BCUT2D eigenvalue weighted by molar-refractivity contribution is 5.86. The molecule has 27 heavy (non-hydrogen) atoms. The summed E-state index contributed by atoms with van der Waals surface area (Å²) in [4.78, 5) is 34.5. The Labute approximate surface area is 155 Å². The molecule has 7 nitrogen and oxygen atoms in total. The number of carbonyl (C=O) groups is 2. The zero-order valence-corrected chi connectivity index (χ0v) is 14.6. The van der Waals surface area contributed by atoms with Gasteiger partial charge in [-0.1, -0.05) is 36.4 Å². The summed E-state index contributed by atoms with van der Waals surface area (Å²) in [5.74, 6) is -1.30. The maximum absolute atomic E-state index is 12.0. The number of nitrogens with zero attached hydrogens (tertiary/aromatic N) is 2. The van der Waals surface area contributed by atoms with Crippen molar-refractivity contribution in [2.45, 2.75) is 19.4 Å². The third-order valence-corrected chi connectivity index (χ3v) is 4.09. The average molecular weight is 365 g/mol. The van der Waals surface area contributed by atoms with Gasteiger partial charge in [-0.25, -0.2) is 4.68 Å². The zero-order valence-electron chi connectivity index (χ0n) is 14.6. The molecule has 0 spiro atoms. The lowest BCUT2D eigenvalue weighted by molar-refractivity contribution is -0.137. The van der Waals surface area contributed by atoms with Gasteiger partial charge in [0.2, 0.25) is 5.91 Å². The topological polar surface area (TPSA) is 101 Å². The third kappa shape index (κ3) is 4.78. The minimum atomic E-state index is -0.912. The number of rotatable bonds is 7. The predicted octanol–water partition coefficient (Wildman–Crippen LogP) is 2.04. The molecule has 7 heteroatoms. The van der Waals surface area contributed by atoms with Crippen molar-refractivity contribution in [3.8, 4) is 11.3 Å². The van der Waals surface area contributed by atoms with Crippen LogP contribution >= 0.6 is 0 Å². The van der Waals surface area contributed by atoms with Gasteiger partial charge in [-0.05, 0) is 29.3 Å². The van der Waals surface area contributed by atoms with Crippen molar-refractivity contribution in [1.29, 1.82) is 0 Å². The third-order valence-electron chi connectivity index (χ3n) is 4.09. The van der Waals surface area contributed by atoms with Crippen LogP contribution in [0.4, 0.5) is 0 Å². The van der Waals surface area contributed by atoms with Gasteiger partial charge in [0.1, 0.15) is 6.54 Å². The molecule has 2 N–H and O–H groups in total. The van der Waals surface area contributed by atoms with Crippen LogP contribution in [0, 0.1) is 0 Å². The molecule has 0 unspecified atom stereocenters. The molecule has 3 rings (SSSR count). The lowest BCUT2D eigenvalue weighted by Crippen LogP contribution is -2.34. The summed E-state index contributed by atoms with van der Waals surface area (Å²) in [5.41, 5.74) is 1.07. The van der Waals surface area contributed by atoms with Crippen LogP contribution in [-0.2, 0) is 16.1 Å². The Balaban J connectivity index is 1.74. The van der Waals surface area contributed by atoms with Crippen molar-refractivity contribution in [2.75, 3.05) is 6.54 Å². The summed E-state index contributed by atoms with van der Waals surface area (Å²) in [7, 11) is 0. The fourth-order valence-corrected chi connectivity index (χ4v) is 2.72. The Morgan fingerprint density at radius 1 is 1.04 bits per heavy atom. The SMILES string of the molecule is O=C(O)CCCNC(=O)Cn1nc(-c2ccc3ccccc3c2)ccc1=O. The number of aliphatic carboxylic acids is 1. The molecular weight excluding hydrogens is 346 g/mol. The molecule has 1 amide bonds. The smallest absolute Gasteiger partial charge is 0.303 e. The van der Waals surface area contributed by atoms with E-state index in [0.29, 0.717) is 12.1 Å². The lowest BCUT2D eigenvalue weighted by atomic mass is 10.1. The minimum absolute atomic E-state index is 0.0179. The molecule has 0 saturated carbocycles. The number of benzene rings is 2. The molecule has 0 radical (unpaired) electrons. The highest BCUT2D eigenvalue weighted by Crippen LogP contribution is 2.22. The second kappa shape index (κ2) is 8.27. The van der Waals surface area contributed by atoms with Crippen molar-refractivity contribution in [3.05, 3.63) is 65.0 Å². The first-order valence-electron chi connectivity index (χ1n) is 8.59. The number of fused-ring (bicyclic) bond motifs is 1. The highest BCUT2D eigenvalue weighted by Gasteiger charge is 2.08. The van der Waals surface area contributed by atoms with E-state index in [9.17, 15) is 14.4 Å². The van der Waals surface area contributed by atoms with Gasteiger partial charge in [0.15, 0.2) is 0 Å². The Morgan fingerprint density at radius 3 is 2.59 bits per heavy atom. The van der Waals surface area contributed by atoms with Crippen LogP contribution in [0.25, 0.3) is 22.0 Å². The molecule has 0 saturated heterocycles. The molecule has 3 aromatic rings. The van der Waals surface area contributed by atoms with Gasteiger partial charge >= 0.3 is 5.97 Å². The Kier molecular flexibility index (Phi) is 5.61.